The number of benzene rings is 3. The third kappa shape index (κ3) is 4.91. The number of hydrogen-bond donors (Lipinski definition) is 2. The molecule has 0 fully saturated rings. The SMILES string of the molecule is COc1ccc(-c2ccc3c(N)c(C(=O)Nc4ccc(Oc5ccc(Cl)cc5)cc4)sc3n2)cc1. The van der Waals surface area contributed by atoms with Crippen molar-refractivity contribution < 1.29 is 14.3 Å². The van der Waals surface area contributed by atoms with Gasteiger partial charge in [0.05, 0.1) is 18.5 Å². The molecule has 6 nitrogen and oxygen atoms in total. The van der Waals surface area contributed by atoms with E-state index in [1.165, 1.54) is 11.3 Å². The summed E-state index contributed by atoms with van der Waals surface area (Å²) in [6.07, 6.45) is 0. The smallest absolute Gasteiger partial charge is 0.267 e. The van der Waals surface area contributed by atoms with Crippen LogP contribution in [0.5, 0.6) is 17.2 Å². The maximum atomic E-state index is 13.0. The van der Waals surface area contributed by atoms with Gasteiger partial charge in [-0.2, -0.15) is 0 Å². The van der Waals surface area contributed by atoms with Crippen molar-refractivity contribution in [3.05, 3.63) is 94.8 Å². The lowest BCUT2D eigenvalue weighted by atomic mass is 10.1. The number of nitrogen functional groups attached to an aromatic ring is 1. The molecule has 3 aromatic carbocycles. The minimum absolute atomic E-state index is 0.289. The number of pyridine rings is 1. The molecule has 0 bridgehead atoms. The molecule has 0 aliphatic carbocycles. The molecule has 0 spiro atoms. The molecule has 2 aromatic heterocycles. The van der Waals surface area contributed by atoms with Crippen molar-refractivity contribution in [1.29, 1.82) is 0 Å². The molecule has 174 valence electrons. The standard InChI is InChI=1S/C27H20ClN3O3S/c1-33-19-8-2-16(3-9-19)23-15-14-22-24(29)25(35-27(22)31-23)26(32)30-18-6-12-21(13-7-18)34-20-10-4-17(28)5-11-20/h2-15H,29H2,1H3,(H,30,32). The summed E-state index contributed by atoms with van der Waals surface area (Å²) in [7, 11) is 1.63. The molecule has 0 saturated carbocycles. The average molecular weight is 502 g/mol. The molecule has 0 saturated heterocycles. The van der Waals surface area contributed by atoms with Crippen LogP contribution in [0.15, 0.2) is 84.9 Å². The van der Waals surface area contributed by atoms with Gasteiger partial charge in [0.15, 0.2) is 0 Å². The number of aromatic nitrogens is 1. The van der Waals surface area contributed by atoms with Crippen molar-refractivity contribution in [2.45, 2.75) is 0 Å². The van der Waals surface area contributed by atoms with Gasteiger partial charge in [-0.15, -0.1) is 11.3 Å². The van der Waals surface area contributed by atoms with Gasteiger partial charge in [-0.25, -0.2) is 4.98 Å². The number of carbonyl (C=O) groups excluding carboxylic acids is 1. The van der Waals surface area contributed by atoms with Gasteiger partial charge in [0.25, 0.3) is 5.91 Å². The maximum absolute atomic E-state index is 13.0. The number of fused-ring (bicyclic) bond motifs is 1. The predicted octanol–water partition coefficient (Wildman–Crippen LogP) is 7.25. The lowest BCUT2D eigenvalue weighted by Gasteiger charge is -2.08. The van der Waals surface area contributed by atoms with E-state index < -0.39 is 0 Å². The summed E-state index contributed by atoms with van der Waals surface area (Å²) in [4.78, 5) is 18.8. The van der Waals surface area contributed by atoms with Gasteiger partial charge in [0.2, 0.25) is 0 Å². The van der Waals surface area contributed by atoms with Crippen LogP contribution in [0.4, 0.5) is 11.4 Å². The van der Waals surface area contributed by atoms with E-state index in [9.17, 15) is 4.79 Å². The highest BCUT2D eigenvalue weighted by Crippen LogP contribution is 2.35. The Labute approximate surface area is 210 Å². The van der Waals surface area contributed by atoms with Gasteiger partial charge in [-0.05, 0) is 84.9 Å². The van der Waals surface area contributed by atoms with Gasteiger partial charge in [-0.3, -0.25) is 4.79 Å². The zero-order valence-corrected chi connectivity index (χ0v) is 20.2. The number of methoxy groups -OCH3 is 1. The fourth-order valence-corrected chi connectivity index (χ4v) is 4.64. The minimum Gasteiger partial charge on any atom is -0.497 e. The lowest BCUT2D eigenvalue weighted by Crippen LogP contribution is -2.11. The van der Waals surface area contributed by atoms with Crippen molar-refractivity contribution in [2.24, 2.45) is 0 Å². The molecule has 0 radical (unpaired) electrons. The Morgan fingerprint density at radius 2 is 1.51 bits per heavy atom. The van der Waals surface area contributed by atoms with Crippen LogP contribution in [0.2, 0.25) is 5.02 Å². The number of nitrogens with one attached hydrogen (secondary N) is 1. The van der Waals surface area contributed by atoms with Crippen LogP contribution in [0.1, 0.15) is 9.67 Å². The first-order valence-electron chi connectivity index (χ1n) is 10.7. The highest BCUT2D eigenvalue weighted by Gasteiger charge is 2.18. The Morgan fingerprint density at radius 3 is 2.17 bits per heavy atom. The van der Waals surface area contributed by atoms with E-state index in [1.54, 1.807) is 55.6 Å². The Kier molecular flexibility index (Phi) is 6.27. The van der Waals surface area contributed by atoms with Crippen molar-refractivity contribution >= 4 is 50.4 Å². The van der Waals surface area contributed by atoms with E-state index in [0.717, 1.165) is 22.4 Å². The van der Waals surface area contributed by atoms with Gasteiger partial charge in [-0.1, -0.05) is 11.6 Å². The Balaban J connectivity index is 1.32. The van der Waals surface area contributed by atoms with Gasteiger partial charge in [0.1, 0.15) is 27.0 Å². The average Bonchev–Trinajstić information content (AvgIpc) is 3.22. The second-order valence-electron chi connectivity index (χ2n) is 7.66. The monoisotopic (exact) mass is 501 g/mol. The summed E-state index contributed by atoms with van der Waals surface area (Å²) in [5.41, 5.74) is 9.09. The quantitative estimate of drug-likeness (QED) is 0.256. The largest absolute Gasteiger partial charge is 0.497 e. The number of nitrogens with zero attached hydrogens (tertiary/aromatic N) is 1. The van der Waals surface area contributed by atoms with Gasteiger partial charge < -0.3 is 20.5 Å². The first-order valence-corrected chi connectivity index (χ1v) is 11.9. The molecule has 5 rings (SSSR count). The number of carbonyl (C=O) groups is 1. The maximum Gasteiger partial charge on any atom is 0.267 e. The Bertz CT molecular complexity index is 1500. The zero-order chi connectivity index (χ0) is 24.4. The van der Waals surface area contributed by atoms with Crippen LogP contribution in [-0.4, -0.2) is 18.0 Å². The van der Waals surface area contributed by atoms with Crippen molar-refractivity contribution in [3.8, 4) is 28.5 Å². The lowest BCUT2D eigenvalue weighted by molar-refractivity contribution is 0.103. The number of halogens is 1. The number of ether oxygens (including phenoxy) is 2. The fraction of sp³-hybridized carbons (Fsp3) is 0.0370. The van der Waals surface area contributed by atoms with Crippen LogP contribution >= 0.6 is 22.9 Å². The van der Waals surface area contributed by atoms with E-state index in [0.29, 0.717) is 37.6 Å². The van der Waals surface area contributed by atoms with Gasteiger partial charge >= 0.3 is 0 Å². The fourth-order valence-electron chi connectivity index (χ4n) is 3.52. The third-order valence-electron chi connectivity index (χ3n) is 5.35. The number of nitrogens with two attached hydrogens (primary N) is 1. The van der Waals surface area contributed by atoms with E-state index in [-0.39, 0.29) is 5.91 Å². The number of anilines is 2. The van der Waals surface area contributed by atoms with Crippen LogP contribution in [0, 0.1) is 0 Å². The third-order valence-corrected chi connectivity index (χ3v) is 6.71. The van der Waals surface area contributed by atoms with E-state index in [1.807, 2.05) is 36.4 Å². The minimum atomic E-state index is -0.289. The second-order valence-corrected chi connectivity index (χ2v) is 9.09. The normalized spacial score (nSPS) is 10.8. The summed E-state index contributed by atoms with van der Waals surface area (Å²) >= 11 is 7.17. The number of hydrogen-bond acceptors (Lipinski definition) is 6. The Morgan fingerprint density at radius 1 is 0.886 bits per heavy atom. The van der Waals surface area contributed by atoms with Crippen LogP contribution in [0.25, 0.3) is 21.5 Å². The summed E-state index contributed by atoms with van der Waals surface area (Å²) < 4.78 is 11.0. The topological polar surface area (TPSA) is 86.5 Å². The molecule has 35 heavy (non-hydrogen) atoms. The Hall–Kier alpha value is -4.07. The van der Waals surface area contributed by atoms with E-state index in [2.05, 4.69) is 5.32 Å². The molecule has 0 atom stereocenters. The molecule has 2 heterocycles. The summed E-state index contributed by atoms with van der Waals surface area (Å²) in [6.45, 7) is 0. The number of rotatable bonds is 6. The first-order chi connectivity index (χ1) is 17.0. The van der Waals surface area contributed by atoms with Crippen molar-refractivity contribution in [2.75, 3.05) is 18.2 Å². The molecular weight excluding hydrogens is 482 g/mol. The molecule has 5 aromatic rings. The number of amides is 1. The van der Waals surface area contributed by atoms with Crippen molar-refractivity contribution in [3.63, 3.8) is 0 Å². The summed E-state index contributed by atoms with van der Waals surface area (Å²) in [5, 5.41) is 4.29. The molecule has 3 N–H and O–H groups in total. The highest BCUT2D eigenvalue weighted by molar-refractivity contribution is 7.21. The molecular formula is C27H20ClN3O3S. The molecule has 0 aliphatic heterocycles. The van der Waals surface area contributed by atoms with Crippen LogP contribution in [-0.2, 0) is 0 Å². The molecule has 0 aliphatic rings. The van der Waals surface area contributed by atoms with Crippen LogP contribution < -0.4 is 20.5 Å². The molecule has 0 unspecified atom stereocenters. The molecule has 8 heteroatoms. The first kappa shape index (κ1) is 22.7. The number of thiophene rings is 1. The second kappa shape index (κ2) is 9.66. The highest BCUT2D eigenvalue weighted by atomic mass is 35.5. The van der Waals surface area contributed by atoms with Crippen LogP contribution in [0.3, 0.4) is 0 Å². The van der Waals surface area contributed by atoms with E-state index in [4.69, 9.17) is 31.8 Å². The molecule has 1 amide bonds. The zero-order valence-electron chi connectivity index (χ0n) is 18.6. The van der Waals surface area contributed by atoms with Gasteiger partial charge in [0, 0.05) is 21.7 Å². The van der Waals surface area contributed by atoms with Crippen molar-refractivity contribution in [1.82, 2.24) is 4.98 Å². The van der Waals surface area contributed by atoms with E-state index >= 15 is 0 Å². The summed E-state index contributed by atoms with van der Waals surface area (Å²) in [5.74, 6) is 1.80. The summed E-state index contributed by atoms with van der Waals surface area (Å²) in [6, 6.07) is 25.6. The predicted molar refractivity (Wildman–Crippen MR) is 142 cm³/mol.